The molecular formula is C23H30N4O3S. The molecule has 166 valence electrons. The number of fused-ring (bicyclic) bond motifs is 3. The molecule has 0 radical (unpaired) electrons. The fraction of sp³-hybridized carbons (Fsp3) is 0.522. The Hall–Kier alpha value is -2.61. The number of carbonyl (C=O) groups excluding carboxylic acids is 1. The maximum atomic E-state index is 13.0. The first-order valence-electron chi connectivity index (χ1n) is 11.1. The van der Waals surface area contributed by atoms with Crippen LogP contribution >= 0.6 is 12.2 Å². The van der Waals surface area contributed by atoms with Crippen molar-refractivity contribution in [2.45, 2.75) is 64.5 Å². The van der Waals surface area contributed by atoms with Crippen LogP contribution in [0.1, 0.15) is 51.9 Å². The summed E-state index contributed by atoms with van der Waals surface area (Å²) in [7, 11) is 1.61. The van der Waals surface area contributed by atoms with Crippen molar-refractivity contribution in [1.82, 2.24) is 19.9 Å². The van der Waals surface area contributed by atoms with Crippen LogP contribution in [0.25, 0.3) is 21.9 Å². The van der Waals surface area contributed by atoms with Gasteiger partial charge in [-0.25, -0.2) is 0 Å². The van der Waals surface area contributed by atoms with Gasteiger partial charge in [-0.2, -0.15) is 0 Å². The lowest BCUT2D eigenvalue weighted by atomic mass is 9.86. The molecule has 7 nitrogen and oxygen atoms in total. The lowest BCUT2D eigenvalue weighted by Crippen LogP contribution is -2.40. The number of rotatable bonds is 7. The molecule has 0 spiro atoms. The van der Waals surface area contributed by atoms with Crippen molar-refractivity contribution < 1.29 is 9.53 Å². The van der Waals surface area contributed by atoms with E-state index >= 15 is 0 Å². The van der Waals surface area contributed by atoms with Crippen molar-refractivity contribution in [1.29, 1.82) is 0 Å². The zero-order chi connectivity index (χ0) is 22.0. The third-order valence-corrected chi connectivity index (χ3v) is 6.76. The van der Waals surface area contributed by atoms with Gasteiger partial charge in [0, 0.05) is 29.9 Å². The van der Waals surface area contributed by atoms with Crippen molar-refractivity contribution in [3.05, 3.63) is 33.3 Å². The summed E-state index contributed by atoms with van der Waals surface area (Å²) in [5.41, 5.74) is 1.90. The fourth-order valence-corrected chi connectivity index (χ4v) is 4.83. The SMILES string of the molecule is COc1ccc2[nH]c3c(=O)n(CCCCC(=O)N[C@H]4CCCC[C@@H]4C)c(=S)[nH]c3c2c1. The second-order valence-corrected chi connectivity index (χ2v) is 8.95. The molecule has 1 fully saturated rings. The summed E-state index contributed by atoms with van der Waals surface area (Å²) in [5.74, 6) is 1.38. The number of nitrogens with zero attached hydrogens (tertiary/aromatic N) is 1. The minimum Gasteiger partial charge on any atom is -0.497 e. The number of aromatic nitrogens is 3. The number of aromatic amines is 2. The lowest BCUT2D eigenvalue weighted by Gasteiger charge is -2.29. The lowest BCUT2D eigenvalue weighted by molar-refractivity contribution is -0.122. The zero-order valence-electron chi connectivity index (χ0n) is 18.1. The summed E-state index contributed by atoms with van der Waals surface area (Å²) in [6.45, 7) is 2.70. The van der Waals surface area contributed by atoms with E-state index in [1.165, 1.54) is 19.3 Å². The molecule has 1 saturated carbocycles. The van der Waals surface area contributed by atoms with Crippen molar-refractivity contribution >= 4 is 40.1 Å². The molecule has 2 heterocycles. The second kappa shape index (κ2) is 9.26. The maximum absolute atomic E-state index is 13.0. The first-order valence-corrected chi connectivity index (χ1v) is 11.5. The topological polar surface area (TPSA) is 91.9 Å². The molecule has 2 aromatic heterocycles. The van der Waals surface area contributed by atoms with Crippen LogP contribution in [0.2, 0.25) is 0 Å². The van der Waals surface area contributed by atoms with E-state index in [4.69, 9.17) is 17.0 Å². The van der Waals surface area contributed by atoms with Gasteiger partial charge in [-0.05, 0) is 62.0 Å². The van der Waals surface area contributed by atoms with Crippen LogP contribution in [-0.4, -0.2) is 33.6 Å². The Kier molecular flexibility index (Phi) is 6.46. The molecule has 0 aliphatic heterocycles. The Labute approximate surface area is 186 Å². The molecule has 3 N–H and O–H groups in total. The summed E-state index contributed by atoms with van der Waals surface area (Å²) < 4.78 is 7.26. The van der Waals surface area contributed by atoms with Crippen LogP contribution in [-0.2, 0) is 11.3 Å². The van der Waals surface area contributed by atoms with Crippen molar-refractivity contribution in [2.75, 3.05) is 7.11 Å². The third kappa shape index (κ3) is 4.54. The van der Waals surface area contributed by atoms with Crippen molar-refractivity contribution in [3.63, 3.8) is 0 Å². The van der Waals surface area contributed by atoms with Crippen molar-refractivity contribution in [3.8, 4) is 5.75 Å². The van der Waals surface area contributed by atoms with E-state index in [0.717, 1.165) is 29.5 Å². The van der Waals surface area contributed by atoms with E-state index in [0.29, 0.717) is 47.2 Å². The zero-order valence-corrected chi connectivity index (χ0v) is 18.9. The van der Waals surface area contributed by atoms with Crippen LogP contribution in [0.3, 0.4) is 0 Å². The Balaban J connectivity index is 1.41. The quantitative estimate of drug-likeness (QED) is 0.373. The summed E-state index contributed by atoms with van der Waals surface area (Å²) in [5, 5.41) is 4.06. The number of H-pyrrole nitrogens is 2. The third-order valence-electron chi connectivity index (χ3n) is 6.44. The highest BCUT2D eigenvalue weighted by molar-refractivity contribution is 7.71. The second-order valence-electron chi connectivity index (χ2n) is 8.57. The molecular weight excluding hydrogens is 412 g/mol. The van der Waals surface area contributed by atoms with E-state index in [-0.39, 0.29) is 11.5 Å². The number of amides is 1. The molecule has 31 heavy (non-hydrogen) atoms. The van der Waals surface area contributed by atoms with Crippen LogP contribution in [0.5, 0.6) is 5.75 Å². The molecule has 2 atom stereocenters. The monoisotopic (exact) mass is 442 g/mol. The average molecular weight is 443 g/mol. The summed E-state index contributed by atoms with van der Waals surface area (Å²) in [6, 6.07) is 5.93. The number of ether oxygens (including phenoxy) is 1. The first kappa shape index (κ1) is 21.6. The van der Waals surface area contributed by atoms with E-state index in [2.05, 4.69) is 22.2 Å². The number of hydrogen-bond donors (Lipinski definition) is 3. The number of methoxy groups -OCH3 is 1. The van der Waals surface area contributed by atoms with E-state index in [1.54, 1.807) is 11.7 Å². The molecule has 3 aromatic rings. The van der Waals surface area contributed by atoms with Gasteiger partial charge in [0.15, 0.2) is 4.77 Å². The standard InChI is InChI=1S/C23H30N4O3S/c1-14-7-3-4-8-17(14)24-19(28)9-5-6-12-27-22(29)21-20(26-23(27)31)16-13-15(30-2)10-11-18(16)25-21/h10-11,13-14,17,25H,3-9,12H2,1-2H3,(H,24,28)(H,26,31)/t14-,17-/m0/s1. The largest absolute Gasteiger partial charge is 0.497 e. The predicted molar refractivity (Wildman–Crippen MR) is 125 cm³/mol. The average Bonchev–Trinajstić information content (AvgIpc) is 3.12. The normalized spacial score (nSPS) is 19.0. The van der Waals surface area contributed by atoms with Gasteiger partial charge in [0.05, 0.1) is 12.6 Å². The van der Waals surface area contributed by atoms with Crippen LogP contribution in [0.15, 0.2) is 23.0 Å². The fourth-order valence-electron chi connectivity index (χ4n) is 4.56. The number of unbranched alkanes of at least 4 members (excludes halogenated alkanes) is 1. The highest BCUT2D eigenvalue weighted by atomic mass is 32.1. The van der Waals surface area contributed by atoms with Gasteiger partial charge in [0.2, 0.25) is 5.91 Å². The Morgan fingerprint density at radius 3 is 2.81 bits per heavy atom. The van der Waals surface area contributed by atoms with Gasteiger partial charge < -0.3 is 20.0 Å². The van der Waals surface area contributed by atoms with Crippen LogP contribution < -0.4 is 15.6 Å². The Bertz CT molecular complexity index is 1210. The number of benzene rings is 1. The van der Waals surface area contributed by atoms with Crippen molar-refractivity contribution in [2.24, 2.45) is 5.92 Å². The highest BCUT2D eigenvalue weighted by Gasteiger charge is 2.22. The first-order chi connectivity index (χ1) is 15.0. The van der Waals surface area contributed by atoms with Gasteiger partial charge in [-0.1, -0.05) is 19.8 Å². The summed E-state index contributed by atoms with van der Waals surface area (Å²) in [6.07, 6.45) is 6.63. The summed E-state index contributed by atoms with van der Waals surface area (Å²) >= 11 is 5.46. The van der Waals surface area contributed by atoms with E-state index in [1.807, 2.05) is 18.2 Å². The van der Waals surface area contributed by atoms with Crippen LogP contribution in [0, 0.1) is 10.7 Å². The molecule has 8 heteroatoms. The molecule has 1 amide bonds. The molecule has 4 rings (SSSR count). The Morgan fingerprint density at radius 1 is 1.23 bits per heavy atom. The molecule has 0 saturated heterocycles. The van der Waals surface area contributed by atoms with Gasteiger partial charge in [0.25, 0.3) is 5.56 Å². The minimum atomic E-state index is -0.144. The number of hydrogen-bond acceptors (Lipinski definition) is 4. The minimum absolute atomic E-state index is 0.108. The predicted octanol–water partition coefficient (Wildman–Crippen LogP) is 4.41. The van der Waals surface area contributed by atoms with Crippen LogP contribution in [0.4, 0.5) is 0 Å². The number of carbonyl (C=O) groups is 1. The highest BCUT2D eigenvalue weighted by Crippen LogP contribution is 2.26. The van der Waals surface area contributed by atoms with E-state index < -0.39 is 0 Å². The summed E-state index contributed by atoms with van der Waals surface area (Å²) in [4.78, 5) is 31.7. The smallest absolute Gasteiger partial charge is 0.278 e. The number of nitrogens with one attached hydrogen (secondary N) is 3. The molecule has 1 aromatic carbocycles. The molecule has 1 aliphatic carbocycles. The van der Waals surface area contributed by atoms with Gasteiger partial charge >= 0.3 is 0 Å². The van der Waals surface area contributed by atoms with Gasteiger partial charge in [0.1, 0.15) is 11.3 Å². The van der Waals surface area contributed by atoms with Gasteiger partial charge in [-0.3, -0.25) is 14.2 Å². The maximum Gasteiger partial charge on any atom is 0.278 e. The molecule has 1 aliphatic rings. The Morgan fingerprint density at radius 2 is 2.03 bits per heavy atom. The van der Waals surface area contributed by atoms with E-state index in [9.17, 15) is 9.59 Å². The molecule has 0 bridgehead atoms. The van der Waals surface area contributed by atoms with Gasteiger partial charge in [-0.15, -0.1) is 0 Å². The molecule has 0 unspecified atom stereocenters.